The molecule has 0 aliphatic carbocycles. The lowest BCUT2D eigenvalue weighted by Crippen LogP contribution is -2.13. The molecular formula is C15H13BrFNO3. The highest BCUT2D eigenvalue weighted by atomic mass is 79.9. The topological polar surface area (TPSA) is 47.6 Å². The van der Waals surface area contributed by atoms with Crippen LogP contribution in [0.25, 0.3) is 0 Å². The largest absolute Gasteiger partial charge is 0.496 e. The first-order valence-electron chi connectivity index (χ1n) is 6.03. The molecule has 0 bridgehead atoms. The maximum Gasteiger partial charge on any atom is 0.259 e. The van der Waals surface area contributed by atoms with Gasteiger partial charge in [0.25, 0.3) is 5.91 Å². The summed E-state index contributed by atoms with van der Waals surface area (Å²) in [5.74, 6) is -0.337. The number of halogens is 2. The smallest absolute Gasteiger partial charge is 0.259 e. The molecule has 0 atom stereocenters. The van der Waals surface area contributed by atoms with Crippen molar-refractivity contribution in [3.8, 4) is 11.5 Å². The zero-order valence-electron chi connectivity index (χ0n) is 11.4. The Morgan fingerprint density at radius 1 is 1.10 bits per heavy atom. The van der Waals surface area contributed by atoms with Crippen LogP contribution in [-0.4, -0.2) is 20.1 Å². The molecule has 0 aliphatic heterocycles. The lowest BCUT2D eigenvalue weighted by Gasteiger charge is -2.11. The third-order valence-electron chi connectivity index (χ3n) is 2.82. The molecule has 110 valence electrons. The molecule has 0 saturated carbocycles. The minimum absolute atomic E-state index is 0.0653. The minimum atomic E-state index is -0.489. The molecular weight excluding hydrogens is 341 g/mol. The third kappa shape index (κ3) is 3.52. The number of carbonyl (C=O) groups excluding carboxylic acids is 1. The van der Waals surface area contributed by atoms with E-state index in [1.54, 1.807) is 18.2 Å². The fourth-order valence-electron chi connectivity index (χ4n) is 1.79. The second-order valence-electron chi connectivity index (χ2n) is 4.15. The van der Waals surface area contributed by atoms with Crippen LogP contribution in [0, 0.1) is 5.82 Å². The van der Waals surface area contributed by atoms with E-state index >= 15 is 0 Å². The molecule has 0 spiro atoms. The first-order valence-corrected chi connectivity index (χ1v) is 6.83. The van der Waals surface area contributed by atoms with Gasteiger partial charge < -0.3 is 14.8 Å². The minimum Gasteiger partial charge on any atom is -0.496 e. The van der Waals surface area contributed by atoms with Gasteiger partial charge in [0.1, 0.15) is 5.75 Å². The first kappa shape index (κ1) is 15.3. The fraction of sp³-hybridized carbons (Fsp3) is 0.133. The summed E-state index contributed by atoms with van der Waals surface area (Å²) in [6.45, 7) is 0. The Morgan fingerprint density at radius 3 is 2.48 bits per heavy atom. The summed E-state index contributed by atoms with van der Waals surface area (Å²) in [6.07, 6.45) is 0. The van der Waals surface area contributed by atoms with Crippen molar-refractivity contribution in [1.29, 1.82) is 0 Å². The highest BCUT2D eigenvalue weighted by molar-refractivity contribution is 9.10. The van der Waals surface area contributed by atoms with Gasteiger partial charge in [-0.05, 0) is 30.3 Å². The maximum absolute atomic E-state index is 13.3. The Kier molecular flexibility index (Phi) is 4.80. The molecule has 0 aromatic heterocycles. The zero-order chi connectivity index (χ0) is 15.4. The molecule has 0 unspecified atom stereocenters. The van der Waals surface area contributed by atoms with E-state index in [1.165, 1.54) is 32.4 Å². The standard InChI is InChI=1S/C15H13BrFNO3/c1-20-13-7-9(16)3-5-11(13)15(19)18-10-4-6-12(17)14(8-10)21-2/h3-8H,1-2H3,(H,18,19). The van der Waals surface area contributed by atoms with Gasteiger partial charge in [-0.2, -0.15) is 0 Å². The number of hydrogen-bond acceptors (Lipinski definition) is 3. The normalized spacial score (nSPS) is 10.1. The van der Waals surface area contributed by atoms with E-state index in [4.69, 9.17) is 9.47 Å². The first-order chi connectivity index (χ1) is 10.0. The zero-order valence-corrected chi connectivity index (χ0v) is 13.0. The number of carbonyl (C=O) groups is 1. The second kappa shape index (κ2) is 6.58. The van der Waals surface area contributed by atoms with Crippen molar-refractivity contribution in [3.63, 3.8) is 0 Å². The summed E-state index contributed by atoms with van der Waals surface area (Å²) in [4.78, 5) is 12.2. The summed E-state index contributed by atoms with van der Waals surface area (Å²) in [6, 6.07) is 9.18. The molecule has 1 amide bonds. The molecule has 2 rings (SSSR count). The van der Waals surface area contributed by atoms with Crippen molar-refractivity contribution in [1.82, 2.24) is 0 Å². The molecule has 0 radical (unpaired) electrons. The number of anilines is 1. The third-order valence-corrected chi connectivity index (χ3v) is 3.31. The van der Waals surface area contributed by atoms with Gasteiger partial charge in [0.05, 0.1) is 19.8 Å². The average Bonchev–Trinajstić information content (AvgIpc) is 2.48. The molecule has 0 fully saturated rings. The van der Waals surface area contributed by atoms with Gasteiger partial charge in [-0.3, -0.25) is 4.79 Å². The SMILES string of the molecule is COc1cc(NC(=O)c2ccc(Br)cc2OC)ccc1F. The molecule has 4 nitrogen and oxygen atoms in total. The van der Waals surface area contributed by atoms with Crippen LogP contribution >= 0.6 is 15.9 Å². The number of amides is 1. The molecule has 2 aromatic rings. The van der Waals surface area contributed by atoms with Crippen LogP contribution in [0.5, 0.6) is 11.5 Å². The predicted octanol–water partition coefficient (Wildman–Crippen LogP) is 3.86. The number of methoxy groups -OCH3 is 2. The lowest BCUT2D eigenvalue weighted by atomic mass is 10.2. The number of hydrogen-bond donors (Lipinski definition) is 1. The summed E-state index contributed by atoms with van der Waals surface area (Å²) in [7, 11) is 2.85. The summed E-state index contributed by atoms with van der Waals surface area (Å²) in [5, 5.41) is 2.67. The molecule has 2 aromatic carbocycles. The monoisotopic (exact) mass is 353 g/mol. The van der Waals surface area contributed by atoms with Crippen LogP contribution in [0.2, 0.25) is 0 Å². The lowest BCUT2D eigenvalue weighted by molar-refractivity contribution is 0.102. The van der Waals surface area contributed by atoms with Crippen molar-refractivity contribution >= 4 is 27.5 Å². The highest BCUT2D eigenvalue weighted by Gasteiger charge is 2.13. The molecule has 0 saturated heterocycles. The van der Waals surface area contributed by atoms with Gasteiger partial charge in [0, 0.05) is 16.2 Å². The summed E-state index contributed by atoms with van der Waals surface area (Å²) >= 11 is 3.31. The number of ether oxygens (including phenoxy) is 2. The number of rotatable bonds is 4. The van der Waals surface area contributed by atoms with Gasteiger partial charge >= 0.3 is 0 Å². The Morgan fingerprint density at radius 2 is 1.81 bits per heavy atom. The van der Waals surface area contributed by atoms with E-state index in [-0.39, 0.29) is 11.7 Å². The maximum atomic E-state index is 13.3. The van der Waals surface area contributed by atoms with Crippen LogP contribution in [0.1, 0.15) is 10.4 Å². The van der Waals surface area contributed by atoms with Crippen LogP contribution in [0.3, 0.4) is 0 Å². The molecule has 1 N–H and O–H groups in total. The van der Waals surface area contributed by atoms with Crippen LogP contribution in [0.15, 0.2) is 40.9 Å². The second-order valence-corrected chi connectivity index (χ2v) is 5.06. The van der Waals surface area contributed by atoms with Crippen molar-refractivity contribution in [2.24, 2.45) is 0 Å². The Labute approximate surface area is 130 Å². The molecule has 6 heteroatoms. The van der Waals surface area contributed by atoms with Gasteiger partial charge in [0.15, 0.2) is 11.6 Å². The van der Waals surface area contributed by atoms with E-state index in [0.29, 0.717) is 17.0 Å². The predicted molar refractivity (Wildman–Crippen MR) is 81.6 cm³/mol. The van der Waals surface area contributed by atoms with Crippen molar-refractivity contribution in [3.05, 3.63) is 52.3 Å². The van der Waals surface area contributed by atoms with Crippen molar-refractivity contribution in [2.45, 2.75) is 0 Å². The van der Waals surface area contributed by atoms with E-state index in [2.05, 4.69) is 21.2 Å². The van der Waals surface area contributed by atoms with E-state index in [1.807, 2.05) is 0 Å². The molecule has 0 heterocycles. The van der Waals surface area contributed by atoms with Crippen LogP contribution < -0.4 is 14.8 Å². The Hall–Kier alpha value is -2.08. The van der Waals surface area contributed by atoms with Crippen LogP contribution in [0.4, 0.5) is 10.1 Å². The van der Waals surface area contributed by atoms with Crippen molar-refractivity contribution < 1.29 is 18.7 Å². The quantitative estimate of drug-likeness (QED) is 0.907. The van der Waals surface area contributed by atoms with Gasteiger partial charge in [-0.15, -0.1) is 0 Å². The van der Waals surface area contributed by atoms with Gasteiger partial charge in [0.2, 0.25) is 0 Å². The van der Waals surface area contributed by atoms with E-state index in [0.717, 1.165) is 4.47 Å². The van der Waals surface area contributed by atoms with E-state index < -0.39 is 5.82 Å². The summed E-state index contributed by atoms with van der Waals surface area (Å²) in [5.41, 5.74) is 0.812. The highest BCUT2D eigenvalue weighted by Crippen LogP contribution is 2.26. The Balaban J connectivity index is 2.26. The van der Waals surface area contributed by atoms with Gasteiger partial charge in [-0.25, -0.2) is 4.39 Å². The summed E-state index contributed by atoms with van der Waals surface area (Å²) < 4.78 is 24.2. The van der Waals surface area contributed by atoms with Crippen LogP contribution in [-0.2, 0) is 0 Å². The number of nitrogens with one attached hydrogen (secondary N) is 1. The molecule has 0 aliphatic rings. The Bertz CT molecular complexity index is 676. The average molecular weight is 354 g/mol. The number of benzene rings is 2. The fourth-order valence-corrected chi connectivity index (χ4v) is 2.13. The molecule has 21 heavy (non-hydrogen) atoms. The van der Waals surface area contributed by atoms with Gasteiger partial charge in [-0.1, -0.05) is 15.9 Å². The van der Waals surface area contributed by atoms with E-state index in [9.17, 15) is 9.18 Å². The van der Waals surface area contributed by atoms with Crippen molar-refractivity contribution in [2.75, 3.05) is 19.5 Å².